The van der Waals surface area contributed by atoms with Gasteiger partial charge in [0.05, 0.1) is 43.9 Å². The Kier molecular flexibility index (Phi) is 3.92. The predicted octanol–water partition coefficient (Wildman–Crippen LogP) is 2.19. The van der Waals surface area contributed by atoms with Gasteiger partial charge in [0, 0.05) is 36.6 Å². The summed E-state index contributed by atoms with van der Waals surface area (Å²) in [5.41, 5.74) is 4.04. The minimum Gasteiger partial charge on any atom is -0.381 e. The summed E-state index contributed by atoms with van der Waals surface area (Å²) >= 11 is 0. The van der Waals surface area contributed by atoms with Crippen LogP contribution in [0.1, 0.15) is 11.8 Å². The van der Waals surface area contributed by atoms with Gasteiger partial charge in [0.15, 0.2) is 0 Å². The van der Waals surface area contributed by atoms with E-state index in [1.54, 1.807) is 6.20 Å². The summed E-state index contributed by atoms with van der Waals surface area (Å²) in [5, 5.41) is 0. The van der Waals surface area contributed by atoms with Crippen molar-refractivity contribution in [2.75, 3.05) is 32.9 Å². The van der Waals surface area contributed by atoms with E-state index in [0.29, 0.717) is 31.5 Å². The lowest BCUT2D eigenvalue weighted by Crippen LogP contribution is -2.43. The summed E-state index contributed by atoms with van der Waals surface area (Å²) in [7, 11) is 0. The lowest BCUT2D eigenvalue weighted by Gasteiger charge is -2.33. The molecule has 0 radical (unpaired) electrons. The molecule has 148 valence electrons. The van der Waals surface area contributed by atoms with Crippen LogP contribution in [0.3, 0.4) is 0 Å². The van der Waals surface area contributed by atoms with Crippen molar-refractivity contribution >= 4 is 11.4 Å². The minimum atomic E-state index is -0.197. The first kappa shape index (κ1) is 17.1. The van der Waals surface area contributed by atoms with Crippen molar-refractivity contribution in [3.05, 3.63) is 54.9 Å². The van der Waals surface area contributed by atoms with Gasteiger partial charge < -0.3 is 18.8 Å². The number of pyridine rings is 2. The third kappa shape index (κ3) is 2.84. The number of aromatic nitrogens is 3. The standard InChI is InChI=1S/C22H22N4O3/c27-22(20-16-11-28-12-17(16)20)25-6-7-29-19(10-25)21-18-4-3-15(9-26(18)13-24-21)14-2-1-5-23-8-14/h1-5,8-9,13,16-17,19-20H,6-7,10-12H2/t16-,17+,19?,20?. The number of morpholine rings is 1. The molecule has 3 aliphatic rings. The number of nitrogens with zero attached hydrogens (tertiary/aromatic N) is 4. The molecule has 0 N–H and O–H groups in total. The maximum absolute atomic E-state index is 12.9. The van der Waals surface area contributed by atoms with Crippen LogP contribution in [-0.2, 0) is 14.3 Å². The molecule has 7 nitrogen and oxygen atoms in total. The van der Waals surface area contributed by atoms with Crippen molar-refractivity contribution in [2.24, 2.45) is 17.8 Å². The molecule has 3 aromatic rings. The SMILES string of the molecule is O=C(C1[C@H]2COC[C@@H]12)N1CCOC(c2ncn3cc(-c4cccnc4)ccc23)C1. The molecule has 4 atom stereocenters. The smallest absolute Gasteiger partial charge is 0.226 e. The van der Waals surface area contributed by atoms with Gasteiger partial charge in [-0.15, -0.1) is 0 Å². The van der Waals surface area contributed by atoms with Gasteiger partial charge >= 0.3 is 0 Å². The van der Waals surface area contributed by atoms with E-state index in [9.17, 15) is 4.79 Å². The molecule has 3 aromatic heterocycles. The van der Waals surface area contributed by atoms with E-state index in [4.69, 9.17) is 9.47 Å². The van der Waals surface area contributed by atoms with E-state index in [2.05, 4.69) is 28.3 Å². The molecule has 29 heavy (non-hydrogen) atoms. The highest BCUT2D eigenvalue weighted by Crippen LogP contribution is 2.51. The van der Waals surface area contributed by atoms with Crippen molar-refractivity contribution in [2.45, 2.75) is 6.10 Å². The van der Waals surface area contributed by atoms with Crippen LogP contribution in [0.25, 0.3) is 16.6 Å². The average Bonchev–Trinajstić information content (AvgIpc) is 3.10. The normalized spacial score (nSPS) is 28.5. The maximum Gasteiger partial charge on any atom is 0.226 e. The van der Waals surface area contributed by atoms with Crippen LogP contribution in [0.5, 0.6) is 0 Å². The number of fused-ring (bicyclic) bond motifs is 2. The van der Waals surface area contributed by atoms with Crippen molar-refractivity contribution in [1.82, 2.24) is 19.3 Å². The van der Waals surface area contributed by atoms with E-state index < -0.39 is 0 Å². The molecule has 7 heteroatoms. The third-order valence-corrected chi connectivity index (χ3v) is 6.48. The Morgan fingerprint density at radius 2 is 2.03 bits per heavy atom. The molecule has 5 heterocycles. The first-order chi connectivity index (χ1) is 14.3. The Morgan fingerprint density at radius 1 is 1.14 bits per heavy atom. The van der Waals surface area contributed by atoms with Gasteiger partial charge in [0.1, 0.15) is 6.10 Å². The minimum absolute atomic E-state index is 0.156. The fourth-order valence-electron chi connectivity index (χ4n) is 4.80. The van der Waals surface area contributed by atoms with Crippen LogP contribution in [0.2, 0.25) is 0 Å². The fraction of sp³-hybridized carbons (Fsp3) is 0.409. The van der Waals surface area contributed by atoms with Gasteiger partial charge in [0.2, 0.25) is 5.91 Å². The molecule has 0 bridgehead atoms. The van der Waals surface area contributed by atoms with E-state index in [1.807, 2.05) is 34.0 Å². The van der Waals surface area contributed by atoms with Crippen molar-refractivity contribution in [3.63, 3.8) is 0 Å². The second-order valence-electron chi connectivity index (χ2n) is 8.12. The molecule has 1 aliphatic carbocycles. The zero-order valence-corrected chi connectivity index (χ0v) is 16.0. The van der Waals surface area contributed by atoms with Crippen LogP contribution < -0.4 is 0 Å². The highest BCUT2D eigenvalue weighted by molar-refractivity contribution is 5.83. The Labute approximate surface area is 168 Å². The Morgan fingerprint density at radius 3 is 2.86 bits per heavy atom. The summed E-state index contributed by atoms with van der Waals surface area (Å²) < 4.78 is 13.5. The summed E-state index contributed by atoms with van der Waals surface area (Å²) in [6.07, 6.45) is 7.30. The van der Waals surface area contributed by atoms with Gasteiger partial charge in [-0.3, -0.25) is 9.78 Å². The number of hydrogen-bond donors (Lipinski definition) is 0. The first-order valence-electron chi connectivity index (χ1n) is 10.1. The van der Waals surface area contributed by atoms with Gasteiger partial charge in [0.25, 0.3) is 0 Å². The summed E-state index contributed by atoms with van der Waals surface area (Å²) in [6, 6.07) is 8.12. The molecule has 1 amide bonds. The zero-order valence-electron chi connectivity index (χ0n) is 16.0. The molecule has 1 saturated carbocycles. The monoisotopic (exact) mass is 390 g/mol. The molecule has 2 saturated heterocycles. The van der Waals surface area contributed by atoms with Crippen LogP contribution >= 0.6 is 0 Å². The number of imidazole rings is 1. The largest absolute Gasteiger partial charge is 0.381 e. The molecule has 0 aromatic carbocycles. The third-order valence-electron chi connectivity index (χ3n) is 6.48. The fourth-order valence-corrected chi connectivity index (χ4v) is 4.80. The van der Waals surface area contributed by atoms with Crippen LogP contribution in [0.15, 0.2) is 49.2 Å². The van der Waals surface area contributed by atoms with Crippen molar-refractivity contribution < 1.29 is 14.3 Å². The zero-order chi connectivity index (χ0) is 19.4. The van der Waals surface area contributed by atoms with E-state index >= 15 is 0 Å². The number of carbonyl (C=O) groups excluding carboxylic acids is 1. The van der Waals surface area contributed by atoms with Gasteiger partial charge in [-0.05, 0) is 29.5 Å². The molecular formula is C22H22N4O3. The highest BCUT2D eigenvalue weighted by atomic mass is 16.5. The van der Waals surface area contributed by atoms with Crippen molar-refractivity contribution in [3.8, 4) is 11.1 Å². The lowest BCUT2D eigenvalue weighted by atomic mass is 10.1. The number of carbonyl (C=O) groups is 1. The van der Waals surface area contributed by atoms with Crippen molar-refractivity contribution in [1.29, 1.82) is 0 Å². The number of amides is 1. The molecule has 2 unspecified atom stereocenters. The highest BCUT2D eigenvalue weighted by Gasteiger charge is 2.59. The summed E-state index contributed by atoms with van der Waals surface area (Å²) in [4.78, 5) is 23.7. The Bertz CT molecular complexity index is 1060. The topological polar surface area (TPSA) is 69.0 Å². The second-order valence-corrected chi connectivity index (χ2v) is 8.12. The average molecular weight is 390 g/mol. The van der Waals surface area contributed by atoms with Gasteiger partial charge in [-0.25, -0.2) is 4.98 Å². The maximum atomic E-state index is 12.9. The second kappa shape index (κ2) is 6.64. The molecule has 3 fully saturated rings. The Hall–Kier alpha value is -2.77. The summed E-state index contributed by atoms with van der Waals surface area (Å²) in [5.74, 6) is 1.29. The Balaban J connectivity index is 1.23. The van der Waals surface area contributed by atoms with E-state index in [-0.39, 0.29) is 17.9 Å². The van der Waals surface area contributed by atoms with Gasteiger partial charge in [-0.1, -0.05) is 12.1 Å². The molecule has 6 rings (SSSR count). The number of rotatable bonds is 3. The van der Waals surface area contributed by atoms with Crippen LogP contribution in [0, 0.1) is 17.8 Å². The van der Waals surface area contributed by atoms with E-state index in [0.717, 1.165) is 35.6 Å². The molecule has 0 spiro atoms. The first-order valence-corrected chi connectivity index (χ1v) is 10.1. The quantitative estimate of drug-likeness (QED) is 0.686. The lowest BCUT2D eigenvalue weighted by molar-refractivity contribution is -0.141. The predicted molar refractivity (Wildman–Crippen MR) is 105 cm³/mol. The van der Waals surface area contributed by atoms with Crippen LogP contribution in [0.4, 0.5) is 0 Å². The molecule has 2 aliphatic heterocycles. The van der Waals surface area contributed by atoms with Gasteiger partial charge in [-0.2, -0.15) is 0 Å². The molecular weight excluding hydrogens is 368 g/mol. The number of ether oxygens (including phenoxy) is 2. The van der Waals surface area contributed by atoms with E-state index in [1.165, 1.54) is 0 Å². The van der Waals surface area contributed by atoms with Crippen LogP contribution in [-0.4, -0.2) is 58.1 Å². The summed E-state index contributed by atoms with van der Waals surface area (Å²) in [6.45, 7) is 3.23. The number of hydrogen-bond acceptors (Lipinski definition) is 5.